The van der Waals surface area contributed by atoms with Gasteiger partial charge >= 0.3 is 5.97 Å². The molecular weight excluding hydrogens is 375 g/mol. The molecule has 0 unspecified atom stereocenters. The number of halogens is 1. The van der Waals surface area contributed by atoms with Crippen LogP contribution in [-0.4, -0.2) is 32.6 Å². The Labute approximate surface area is 169 Å². The molecule has 0 amide bonds. The first kappa shape index (κ1) is 20.6. The van der Waals surface area contributed by atoms with Gasteiger partial charge in [0.15, 0.2) is 5.78 Å². The Morgan fingerprint density at radius 2 is 1.69 bits per heavy atom. The highest BCUT2D eigenvalue weighted by Gasteiger charge is 2.42. The molecule has 152 valence electrons. The summed E-state index contributed by atoms with van der Waals surface area (Å²) in [5.74, 6) is -1.80. The Bertz CT molecular complexity index is 911. The summed E-state index contributed by atoms with van der Waals surface area (Å²) >= 11 is 0. The quantitative estimate of drug-likeness (QED) is 0.540. The summed E-state index contributed by atoms with van der Waals surface area (Å²) in [5.41, 5.74) is 2.08. The summed E-state index contributed by atoms with van der Waals surface area (Å²) in [6.45, 7) is 1.87. The summed E-state index contributed by atoms with van der Waals surface area (Å²) in [5, 5.41) is 0. The van der Waals surface area contributed by atoms with Gasteiger partial charge in [0.1, 0.15) is 23.2 Å². The summed E-state index contributed by atoms with van der Waals surface area (Å²) in [6, 6.07) is 11.2. The molecule has 0 saturated carbocycles. The number of esters is 1. The lowest BCUT2D eigenvalue weighted by Crippen LogP contribution is -2.34. The number of rotatable bonds is 6. The molecule has 2 atom stereocenters. The van der Waals surface area contributed by atoms with Crippen LogP contribution in [0.15, 0.2) is 48.5 Å². The molecule has 5 nitrogen and oxygen atoms in total. The third-order valence-corrected chi connectivity index (χ3v) is 5.06. The molecule has 0 N–H and O–H groups in total. The van der Waals surface area contributed by atoms with Crippen molar-refractivity contribution in [1.29, 1.82) is 0 Å². The highest BCUT2D eigenvalue weighted by Crippen LogP contribution is 2.46. The summed E-state index contributed by atoms with van der Waals surface area (Å²) in [4.78, 5) is 25.7. The van der Waals surface area contributed by atoms with Crippen LogP contribution in [0.5, 0.6) is 11.5 Å². The van der Waals surface area contributed by atoms with Crippen LogP contribution in [0, 0.1) is 11.7 Å². The maximum atomic E-state index is 13.3. The van der Waals surface area contributed by atoms with Crippen LogP contribution < -0.4 is 9.47 Å². The molecule has 1 aliphatic carbocycles. The van der Waals surface area contributed by atoms with E-state index < -0.39 is 17.8 Å². The molecule has 29 heavy (non-hydrogen) atoms. The molecule has 0 saturated heterocycles. The summed E-state index contributed by atoms with van der Waals surface area (Å²) < 4.78 is 29.5. The van der Waals surface area contributed by atoms with Gasteiger partial charge in [0.05, 0.1) is 20.8 Å². The minimum Gasteiger partial charge on any atom is -0.496 e. The number of carbonyl (C=O) groups excluding carboxylic acids is 2. The first-order valence-electron chi connectivity index (χ1n) is 9.38. The van der Waals surface area contributed by atoms with Gasteiger partial charge in [-0.3, -0.25) is 9.59 Å². The molecule has 0 spiro atoms. The van der Waals surface area contributed by atoms with Crippen molar-refractivity contribution in [2.24, 2.45) is 5.92 Å². The topological polar surface area (TPSA) is 61.8 Å². The van der Waals surface area contributed by atoms with Crippen LogP contribution in [0.4, 0.5) is 4.39 Å². The second-order valence-electron chi connectivity index (χ2n) is 6.70. The average molecular weight is 398 g/mol. The molecular formula is C23H23FO5. The van der Waals surface area contributed by atoms with Gasteiger partial charge < -0.3 is 14.2 Å². The van der Waals surface area contributed by atoms with E-state index in [1.807, 2.05) is 0 Å². The lowest BCUT2D eigenvalue weighted by Gasteiger charge is -2.31. The van der Waals surface area contributed by atoms with Gasteiger partial charge in [-0.2, -0.15) is 0 Å². The molecule has 6 heteroatoms. The van der Waals surface area contributed by atoms with Crippen molar-refractivity contribution in [3.05, 3.63) is 65.5 Å². The predicted molar refractivity (Wildman–Crippen MR) is 106 cm³/mol. The summed E-state index contributed by atoms with van der Waals surface area (Å²) in [6.07, 6.45) is 1.82. The molecule has 0 radical (unpaired) electrons. The van der Waals surface area contributed by atoms with Crippen LogP contribution >= 0.6 is 0 Å². The van der Waals surface area contributed by atoms with E-state index in [-0.39, 0.29) is 18.2 Å². The third kappa shape index (κ3) is 4.16. The maximum absolute atomic E-state index is 13.3. The Balaban J connectivity index is 2.13. The first-order valence-corrected chi connectivity index (χ1v) is 9.38. The van der Waals surface area contributed by atoms with Crippen molar-refractivity contribution in [2.45, 2.75) is 19.3 Å². The zero-order chi connectivity index (χ0) is 21.0. The minimum atomic E-state index is -1.01. The van der Waals surface area contributed by atoms with Gasteiger partial charge in [-0.05, 0) is 54.8 Å². The Kier molecular flexibility index (Phi) is 6.32. The van der Waals surface area contributed by atoms with E-state index in [0.29, 0.717) is 29.1 Å². The fraction of sp³-hybridized carbons (Fsp3) is 0.304. The number of allylic oxidation sites excluding steroid dienone is 2. The highest BCUT2D eigenvalue weighted by atomic mass is 19.1. The van der Waals surface area contributed by atoms with Gasteiger partial charge in [0, 0.05) is 11.5 Å². The molecule has 3 rings (SSSR count). The van der Waals surface area contributed by atoms with Crippen molar-refractivity contribution >= 4 is 17.3 Å². The van der Waals surface area contributed by atoms with Gasteiger partial charge in [0.2, 0.25) is 0 Å². The van der Waals surface area contributed by atoms with E-state index in [0.717, 1.165) is 5.56 Å². The van der Waals surface area contributed by atoms with E-state index in [1.165, 1.54) is 32.4 Å². The van der Waals surface area contributed by atoms with Crippen LogP contribution in [0.1, 0.15) is 30.4 Å². The second-order valence-corrected chi connectivity index (χ2v) is 6.70. The van der Waals surface area contributed by atoms with E-state index >= 15 is 0 Å². The highest BCUT2D eigenvalue weighted by molar-refractivity contribution is 6.10. The number of hydrogen-bond donors (Lipinski definition) is 0. The van der Waals surface area contributed by atoms with Crippen LogP contribution in [0.25, 0.3) is 5.57 Å². The molecule has 2 aromatic rings. The smallest absolute Gasteiger partial charge is 0.317 e. The maximum Gasteiger partial charge on any atom is 0.317 e. The monoisotopic (exact) mass is 398 g/mol. The fourth-order valence-corrected chi connectivity index (χ4v) is 3.77. The SMILES string of the molecule is CCOC(=O)[C@@H]1C(=O)C=C(c2ccc(F)cc2)C[C@H]1c1c(OC)cccc1OC. The molecule has 0 fully saturated rings. The largest absolute Gasteiger partial charge is 0.496 e. The number of hydrogen-bond acceptors (Lipinski definition) is 5. The zero-order valence-electron chi connectivity index (χ0n) is 16.6. The Morgan fingerprint density at radius 3 is 2.24 bits per heavy atom. The van der Waals surface area contributed by atoms with Gasteiger partial charge in [-0.25, -0.2) is 4.39 Å². The number of carbonyl (C=O) groups is 2. The number of ether oxygens (including phenoxy) is 3. The standard InChI is InChI=1S/C23H23FO5/c1-4-29-23(26)21-17(22-19(27-2)6-5-7-20(22)28-3)12-15(13-18(21)25)14-8-10-16(24)11-9-14/h5-11,13,17,21H,4,12H2,1-3H3/t17-,21+/m1/s1. The lowest BCUT2D eigenvalue weighted by molar-refractivity contribution is -0.151. The third-order valence-electron chi connectivity index (χ3n) is 5.06. The molecule has 0 bridgehead atoms. The zero-order valence-corrected chi connectivity index (χ0v) is 16.6. The van der Waals surface area contributed by atoms with Crippen LogP contribution in [-0.2, 0) is 14.3 Å². The Morgan fingerprint density at radius 1 is 1.07 bits per heavy atom. The Hall–Kier alpha value is -3.15. The van der Waals surface area contributed by atoms with Crippen molar-refractivity contribution in [2.75, 3.05) is 20.8 Å². The van der Waals surface area contributed by atoms with Crippen molar-refractivity contribution in [1.82, 2.24) is 0 Å². The lowest BCUT2D eigenvalue weighted by atomic mass is 9.73. The fourth-order valence-electron chi connectivity index (χ4n) is 3.77. The van der Waals surface area contributed by atoms with E-state index in [4.69, 9.17) is 14.2 Å². The minimum absolute atomic E-state index is 0.174. The molecule has 0 heterocycles. The van der Waals surface area contributed by atoms with E-state index in [9.17, 15) is 14.0 Å². The number of methoxy groups -OCH3 is 2. The summed E-state index contributed by atoms with van der Waals surface area (Å²) in [7, 11) is 3.05. The van der Waals surface area contributed by atoms with Gasteiger partial charge in [-0.1, -0.05) is 18.2 Å². The average Bonchev–Trinajstić information content (AvgIpc) is 2.73. The van der Waals surface area contributed by atoms with Crippen molar-refractivity contribution < 1.29 is 28.2 Å². The molecule has 2 aromatic carbocycles. The van der Waals surface area contributed by atoms with Crippen LogP contribution in [0.2, 0.25) is 0 Å². The van der Waals surface area contributed by atoms with Crippen molar-refractivity contribution in [3.63, 3.8) is 0 Å². The van der Waals surface area contributed by atoms with E-state index in [2.05, 4.69) is 0 Å². The predicted octanol–water partition coefficient (Wildman–Crippen LogP) is 4.16. The van der Waals surface area contributed by atoms with Gasteiger partial charge in [0.25, 0.3) is 0 Å². The normalized spacial score (nSPS) is 18.8. The van der Waals surface area contributed by atoms with Crippen molar-refractivity contribution in [3.8, 4) is 11.5 Å². The molecule has 0 aromatic heterocycles. The number of ketones is 1. The second kappa shape index (κ2) is 8.90. The number of benzene rings is 2. The first-order chi connectivity index (χ1) is 14.0. The molecule has 0 aliphatic heterocycles. The van der Waals surface area contributed by atoms with E-state index in [1.54, 1.807) is 37.3 Å². The van der Waals surface area contributed by atoms with Crippen LogP contribution in [0.3, 0.4) is 0 Å². The van der Waals surface area contributed by atoms with Gasteiger partial charge in [-0.15, -0.1) is 0 Å². The molecule has 1 aliphatic rings.